The van der Waals surface area contributed by atoms with Crippen LogP contribution in [0.3, 0.4) is 0 Å². The molecule has 0 radical (unpaired) electrons. The Morgan fingerprint density at radius 1 is 0.594 bits per heavy atom. The van der Waals surface area contributed by atoms with E-state index >= 15 is 0 Å². The summed E-state index contributed by atoms with van der Waals surface area (Å²) in [6, 6.07) is 1.82. The summed E-state index contributed by atoms with van der Waals surface area (Å²) in [6.45, 7) is 19.6. The highest BCUT2D eigenvalue weighted by Gasteiger charge is 2.30. The molecule has 0 unspecified atom stereocenters. The first-order valence-electron chi connectivity index (χ1n) is 12.3. The van der Waals surface area contributed by atoms with Gasteiger partial charge in [-0.1, -0.05) is 0 Å². The van der Waals surface area contributed by atoms with E-state index in [0.717, 1.165) is 51.1 Å². The quantitative estimate of drug-likeness (QED) is 0.135. The van der Waals surface area contributed by atoms with Crippen molar-refractivity contribution in [3.05, 3.63) is 0 Å². The lowest BCUT2D eigenvalue weighted by Gasteiger charge is -2.25. The molecule has 11 heteroatoms. The van der Waals surface area contributed by atoms with Gasteiger partial charge in [-0.3, -0.25) is 0 Å². The molecule has 192 valence electrons. The average Bonchev–Trinajstić information content (AvgIpc) is 2.73. The second-order valence-electron chi connectivity index (χ2n) is 7.89. The maximum absolute atomic E-state index is 11.8. The molecule has 0 aromatic carbocycles. The molecule has 0 spiro atoms. The number of hydrogen-bond acceptors (Lipinski definition) is 7. The fourth-order valence-electron chi connectivity index (χ4n) is 3.50. The summed E-state index contributed by atoms with van der Waals surface area (Å²) in [6.07, 6.45) is 2.02. The highest BCUT2D eigenvalue weighted by molar-refractivity contribution is 6.66. The molecule has 0 aromatic rings. The molecule has 4 N–H and O–H groups in total. The standard InChI is InChI=1S/C21H50N4O5Si2/c1-7-27-31(5,28-8-2)19-11-13-22-15-17-24-21(26)25-18-16-23-14-12-20-32(6,29-9-3)30-10-4/h22-23H,7-20H2,1-6H3,(H2,24,25,26). The van der Waals surface area contributed by atoms with E-state index < -0.39 is 17.1 Å². The molecule has 0 aromatic heterocycles. The van der Waals surface area contributed by atoms with E-state index in [1.54, 1.807) is 0 Å². The van der Waals surface area contributed by atoms with Crippen molar-refractivity contribution >= 4 is 23.2 Å². The van der Waals surface area contributed by atoms with Crippen molar-refractivity contribution in [2.75, 3.05) is 65.7 Å². The van der Waals surface area contributed by atoms with Crippen molar-refractivity contribution in [3.63, 3.8) is 0 Å². The Kier molecular flexibility index (Phi) is 19.6. The third-order valence-electron chi connectivity index (χ3n) is 4.94. The number of rotatable bonds is 22. The molecule has 0 bridgehead atoms. The molecule has 0 aliphatic rings. The van der Waals surface area contributed by atoms with Gasteiger partial charge in [-0.05, 0) is 78.8 Å². The van der Waals surface area contributed by atoms with Crippen molar-refractivity contribution in [1.82, 2.24) is 21.3 Å². The maximum Gasteiger partial charge on any atom is 0.334 e. The fraction of sp³-hybridized carbons (Fsp3) is 0.952. The van der Waals surface area contributed by atoms with Gasteiger partial charge in [-0.2, -0.15) is 0 Å². The summed E-state index contributed by atoms with van der Waals surface area (Å²) in [5.41, 5.74) is 0. The van der Waals surface area contributed by atoms with E-state index in [1.807, 2.05) is 27.7 Å². The monoisotopic (exact) mass is 494 g/mol. The number of hydrogen-bond donors (Lipinski definition) is 4. The molecule has 0 saturated heterocycles. The number of urea groups is 1. The van der Waals surface area contributed by atoms with E-state index in [-0.39, 0.29) is 6.03 Å². The molecule has 9 nitrogen and oxygen atoms in total. The van der Waals surface area contributed by atoms with Gasteiger partial charge >= 0.3 is 23.2 Å². The van der Waals surface area contributed by atoms with Crippen LogP contribution in [0, 0.1) is 0 Å². The van der Waals surface area contributed by atoms with Crippen LogP contribution in [-0.4, -0.2) is 88.8 Å². The van der Waals surface area contributed by atoms with Crippen LogP contribution in [0.2, 0.25) is 25.2 Å². The van der Waals surface area contributed by atoms with Crippen LogP contribution < -0.4 is 21.3 Å². The zero-order valence-electron chi connectivity index (χ0n) is 21.4. The molecule has 0 saturated carbocycles. The van der Waals surface area contributed by atoms with E-state index in [9.17, 15) is 4.79 Å². The minimum absolute atomic E-state index is 0.131. The number of carbonyl (C=O) groups is 1. The Labute approximate surface area is 198 Å². The van der Waals surface area contributed by atoms with E-state index in [0.29, 0.717) is 39.5 Å². The SMILES string of the molecule is CCO[Si](C)(CCCNCCNC(=O)NCCNCCC[Si](C)(OCC)OCC)OCC. The van der Waals surface area contributed by atoms with Gasteiger partial charge in [0.2, 0.25) is 0 Å². The zero-order chi connectivity index (χ0) is 24.1. The Balaban J connectivity index is 3.63. The summed E-state index contributed by atoms with van der Waals surface area (Å²) >= 11 is 0. The Bertz CT molecular complexity index is 414. The lowest BCUT2D eigenvalue weighted by atomic mass is 10.4. The number of amides is 2. The van der Waals surface area contributed by atoms with Crippen LogP contribution >= 0.6 is 0 Å². The van der Waals surface area contributed by atoms with Crippen LogP contribution in [0.15, 0.2) is 0 Å². The highest BCUT2D eigenvalue weighted by atomic mass is 28.4. The van der Waals surface area contributed by atoms with Crippen LogP contribution in [0.1, 0.15) is 40.5 Å². The molecule has 0 heterocycles. The first kappa shape index (κ1) is 31.5. The second kappa shape index (κ2) is 19.9. The largest absolute Gasteiger partial charge is 0.395 e. The van der Waals surface area contributed by atoms with E-state index in [1.165, 1.54) is 0 Å². The smallest absolute Gasteiger partial charge is 0.334 e. The minimum atomic E-state index is -2.02. The van der Waals surface area contributed by atoms with Crippen molar-refractivity contribution in [2.24, 2.45) is 0 Å². The number of nitrogens with one attached hydrogen (secondary N) is 4. The zero-order valence-corrected chi connectivity index (χ0v) is 23.4. The van der Waals surface area contributed by atoms with Gasteiger partial charge in [0.1, 0.15) is 0 Å². The summed E-state index contributed by atoms with van der Waals surface area (Å²) in [7, 11) is -4.03. The van der Waals surface area contributed by atoms with Crippen LogP contribution in [0.25, 0.3) is 0 Å². The fourth-order valence-corrected chi connectivity index (χ4v) is 8.33. The van der Waals surface area contributed by atoms with Gasteiger partial charge in [0, 0.05) is 52.6 Å². The predicted molar refractivity (Wildman–Crippen MR) is 136 cm³/mol. The Hall–Kier alpha value is -0.536. The normalized spacial score (nSPS) is 12.2. The van der Waals surface area contributed by atoms with E-state index in [2.05, 4.69) is 34.4 Å². The molecule has 0 fully saturated rings. The highest BCUT2D eigenvalue weighted by Crippen LogP contribution is 2.16. The van der Waals surface area contributed by atoms with Gasteiger partial charge in [-0.25, -0.2) is 4.79 Å². The van der Waals surface area contributed by atoms with Gasteiger partial charge in [-0.15, -0.1) is 0 Å². The van der Waals surface area contributed by atoms with Crippen molar-refractivity contribution < 1.29 is 22.5 Å². The summed E-state index contributed by atoms with van der Waals surface area (Å²) in [5, 5.41) is 12.5. The third kappa shape index (κ3) is 17.0. The van der Waals surface area contributed by atoms with Crippen LogP contribution in [0.5, 0.6) is 0 Å². The number of carbonyl (C=O) groups excluding carboxylic acids is 1. The second-order valence-corrected chi connectivity index (χ2v) is 14.6. The lowest BCUT2D eigenvalue weighted by molar-refractivity contribution is 0.187. The average molecular weight is 495 g/mol. The summed E-state index contributed by atoms with van der Waals surface area (Å²) in [5.74, 6) is 0. The third-order valence-corrected chi connectivity index (χ3v) is 11.1. The van der Waals surface area contributed by atoms with Gasteiger partial charge in [0.25, 0.3) is 0 Å². The Morgan fingerprint density at radius 3 is 1.25 bits per heavy atom. The first-order valence-corrected chi connectivity index (χ1v) is 17.4. The first-order chi connectivity index (χ1) is 15.3. The lowest BCUT2D eigenvalue weighted by Crippen LogP contribution is -2.42. The molecule has 2 amide bonds. The molecular formula is C21H50N4O5Si2. The summed E-state index contributed by atoms with van der Waals surface area (Å²) in [4.78, 5) is 11.8. The van der Waals surface area contributed by atoms with Gasteiger partial charge in [0.05, 0.1) is 0 Å². The van der Waals surface area contributed by atoms with Crippen molar-refractivity contribution in [3.8, 4) is 0 Å². The van der Waals surface area contributed by atoms with Crippen molar-refractivity contribution in [2.45, 2.75) is 65.7 Å². The van der Waals surface area contributed by atoms with Crippen LogP contribution in [-0.2, 0) is 17.7 Å². The summed E-state index contributed by atoms with van der Waals surface area (Å²) < 4.78 is 23.4. The van der Waals surface area contributed by atoms with Gasteiger partial charge in [0.15, 0.2) is 0 Å². The molecular weight excluding hydrogens is 444 g/mol. The molecule has 0 aliphatic carbocycles. The molecule has 0 atom stereocenters. The minimum Gasteiger partial charge on any atom is -0.395 e. The van der Waals surface area contributed by atoms with E-state index in [4.69, 9.17) is 17.7 Å². The van der Waals surface area contributed by atoms with Crippen molar-refractivity contribution in [1.29, 1.82) is 0 Å². The topological polar surface area (TPSA) is 102 Å². The maximum atomic E-state index is 11.8. The molecule has 32 heavy (non-hydrogen) atoms. The molecule has 0 aliphatic heterocycles. The van der Waals surface area contributed by atoms with Crippen LogP contribution in [0.4, 0.5) is 4.79 Å². The Morgan fingerprint density at radius 2 is 0.938 bits per heavy atom. The predicted octanol–water partition coefficient (Wildman–Crippen LogP) is 2.54. The molecule has 0 rings (SSSR count). The van der Waals surface area contributed by atoms with Gasteiger partial charge < -0.3 is 39.0 Å².